The highest BCUT2D eigenvalue weighted by atomic mass is 35.5. The van der Waals surface area contributed by atoms with Gasteiger partial charge in [0.05, 0.1) is 17.3 Å². The summed E-state index contributed by atoms with van der Waals surface area (Å²) in [6.45, 7) is 6.74. The predicted octanol–water partition coefficient (Wildman–Crippen LogP) is 3.09. The smallest absolute Gasteiger partial charge is 0.279 e. The number of carbonyl (C=O) groups excluding carboxylic acids is 2. The molecular weight excluding hydrogens is 385 g/mol. The van der Waals surface area contributed by atoms with Crippen LogP contribution in [0.4, 0.5) is 11.4 Å². The van der Waals surface area contributed by atoms with Crippen molar-refractivity contribution in [2.24, 2.45) is 0 Å². The summed E-state index contributed by atoms with van der Waals surface area (Å²) >= 11 is 12.1. The van der Waals surface area contributed by atoms with Crippen molar-refractivity contribution in [2.45, 2.75) is 20.8 Å². The number of nitrogens with one attached hydrogen (secondary N) is 3. The monoisotopic (exact) mass is 408 g/mol. The molecule has 0 saturated carbocycles. The molecule has 144 valence electrons. The fourth-order valence-corrected chi connectivity index (χ4v) is 3.06. The molecule has 0 bridgehead atoms. The Morgan fingerprint density at radius 2 is 1.56 bits per heavy atom. The average molecular weight is 409 g/mol. The first-order chi connectivity index (χ1) is 12.8. The van der Waals surface area contributed by atoms with Gasteiger partial charge in [0.15, 0.2) is 13.1 Å². The first-order valence-electron chi connectivity index (χ1n) is 8.74. The Kier molecular flexibility index (Phi) is 7.66. The van der Waals surface area contributed by atoms with Gasteiger partial charge in [-0.15, -0.1) is 0 Å². The maximum atomic E-state index is 12.3. The van der Waals surface area contributed by atoms with Gasteiger partial charge in [0.1, 0.15) is 0 Å². The SMILES string of the molecule is CC[NH+](CC(=O)Nc1cc(Cl)ccc1C)CC(=O)Nc1ccc(C)cc1Cl. The van der Waals surface area contributed by atoms with Crippen LogP contribution in [0.5, 0.6) is 0 Å². The van der Waals surface area contributed by atoms with Gasteiger partial charge in [-0.1, -0.05) is 35.3 Å². The van der Waals surface area contributed by atoms with E-state index in [1.54, 1.807) is 24.3 Å². The van der Waals surface area contributed by atoms with E-state index in [-0.39, 0.29) is 24.9 Å². The molecule has 0 aliphatic heterocycles. The highest BCUT2D eigenvalue weighted by molar-refractivity contribution is 6.33. The summed E-state index contributed by atoms with van der Waals surface area (Å²) in [5.74, 6) is -0.359. The predicted molar refractivity (Wildman–Crippen MR) is 111 cm³/mol. The van der Waals surface area contributed by atoms with Crippen molar-refractivity contribution < 1.29 is 14.5 Å². The van der Waals surface area contributed by atoms with E-state index in [2.05, 4.69) is 10.6 Å². The second-order valence-electron chi connectivity index (χ2n) is 6.50. The number of benzene rings is 2. The molecule has 0 aliphatic carbocycles. The second kappa shape index (κ2) is 9.74. The summed E-state index contributed by atoms with van der Waals surface area (Å²) in [5, 5.41) is 6.71. The zero-order valence-electron chi connectivity index (χ0n) is 15.7. The largest absolute Gasteiger partial charge is 0.321 e. The molecule has 0 fully saturated rings. The van der Waals surface area contributed by atoms with Crippen LogP contribution in [-0.4, -0.2) is 31.4 Å². The number of hydrogen-bond acceptors (Lipinski definition) is 2. The van der Waals surface area contributed by atoms with Crippen LogP contribution in [0.2, 0.25) is 10.0 Å². The van der Waals surface area contributed by atoms with E-state index in [0.717, 1.165) is 16.0 Å². The Hall–Kier alpha value is -2.08. The topological polar surface area (TPSA) is 62.6 Å². The summed E-state index contributed by atoms with van der Waals surface area (Å²) in [4.78, 5) is 25.5. The van der Waals surface area contributed by atoms with Crippen molar-refractivity contribution in [1.29, 1.82) is 0 Å². The molecule has 7 heteroatoms. The lowest BCUT2D eigenvalue weighted by molar-refractivity contribution is -0.881. The van der Waals surface area contributed by atoms with Gasteiger partial charge in [0.2, 0.25) is 0 Å². The average Bonchev–Trinajstić information content (AvgIpc) is 2.60. The molecule has 0 aliphatic rings. The molecule has 1 unspecified atom stereocenters. The third-order valence-corrected chi connectivity index (χ3v) is 4.74. The summed E-state index contributed by atoms with van der Waals surface area (Å²) in [7, 11) is 0. The molecule has 0 heterocycles. The van der Waals surface area contributed by atoms with Crippen molar-refractivity contribution in [3.05, 3.63) is 57.6 Å². The van der Waals surface area contributed by atoms with Gasteiger partial charge in [-0.3, -0.25) is 9.59 Å². The first-order valence-corrected chi connectivity index (χ1v) is 9.49. The standard InChI is InChI=1S/C20H23Cl2N3O2/c1-4-25(11-19(26)23-17-8-5-13(2)9-16(17)22)12-20(27)24-18-10-15(21)7-6-14(18)3/h5-10H,4,11-12H2,1-3H3,(H,23,26)(H,24,27)/p+1. The lowest BCUT2D eigenvalue weighted by Crippen LogP contribution is -3.13. The normalized spacial score (nSPS) is 11.7. The molecule has 2 rings (SSSR count). The van der Waals surface area contributed by atoms with Crippen molar-refractivity contribution in [3.8, 4) is 0 Å². The molecule has 3 N–H and O–H groups in total. The minimum absolute atomic E-state index is 0.168. The van der Waals surface area contributed by atoms with Gasteiger partial charge in [0, 0.05) is 10.7 Å². The van der Waals surface area contributed by atoms with Crippen LogP contribution in [0.1, 0.15) is 18.1 Å². The lowest BCUT2D eigenvalue weighted by Gasteiger charge is -2.18. The zero-order valence-corrected chi connectivity index (χ0v) is 17.2. The number of rotatable bonds is 7. The van der Waals surface area contributed by atoms with Gasteiger partial charge < -0.3 is 15.5 Å². The van der Waals surface area contributed by atoms with Crippen LogP contribution in [0, 0.1) is 13.8 Å². The second-order valence-corrected chi connectivity index (χ2v) is 7.34. The summed E-state index contributed by atoms with van der Waals surface area (Å²) in [6.07, 6.45) is 0. The highest BCUT2D eigenvalue weighted by Gasteiger charge is 2.18. The van der Waals surface area contributed by atoms with Gasteiger partial charge in [-0.05, 0) is 56.2 Å². The fraction of sp³-hybridized carbons (Fsp3) is 0.300. The quantitative estimate of drug-likeness (QED) is 0.658. The summed E-state index contributed by atoms with van der Waals surface area (Å²) in [6, 6.07) is 10.8. The maximum Gasteiger partial charge on any atom is 0.279 e. The molecular formula is C20H24Cl2N3O2+. The van der Waals surface area contributed by atoms with Crippen LogP contribution >= 0.6 is 23.2 Å². The maximum absolute atomic E-state index is 12.3. The number of halogens is 2. The minimum atomic E-state index is -0.190. The molecule has 2 aromatic rings. The number of amides is 2. The molecule has 0 saturated heterocycles. The number of hydrogen-bond donors (Lipinski definition) is 3. The Balaban J connectivity index is 1.93. The molecule has 2 amide bonds. The zero-order chi connectivity index (χ0) is 20.0. The summed E-state index contributed by atoms with van der Waals surface area (Å²) in [5.41, 5.74) is 3.20. The van der Waals surface area contributed by atoms with Crippen LogP contribution in [0.25, 0.3) is 0 Å². The number of anilines is 2. The lowest BCUT2D eigenvalue weighted by atomic mass is 10.2. The van der Waals surface area contributed by atoms with E-state index in [4.69, 9.17) is 23.2 Å². The Labute approximate surface area is 169 Å². The van der Waals surface area contributed by atoms with E-state index >= 15 is 0 Å². The minimum Gasteiger partial charge on any atom is -0.321 e. The van der Waals surface area contributed by atoms with E-state index in [1.807, 2.05) is 32.9 Å². The van der Waals surface area contributed by atoms with Gasteiger partial charge >= 0.3 is 0 Å². The third kappa shape index (κ3) is 6.54. The molecule has 0 aromatic heterocycles. The Morgan fingerprint density at radius 3 is 2.15 bits per heavy atom. The van der Waals surface area contributed by atoms with E-state index in [1.165, 1.54) is 0 Å². The molecule has 0 spiro atoms. The van der Waals surface area contributed by atoms with Gasteiger partial charge in [-0.25, -0.2) is 0 Å². The van der Waals surface area contributed by atoms with Crippen LogP contribution < -0.4 is 15.5 Å². The molecule has 1 atom stereocenters. The molecule has 0 radical (unpaired) electrons. The number of aryl methyl sites for hydroxylation is 2. The van der Waals surface area contributed by atoms with Crippen molar-refractivity contribution in [1.82, 2.24) is 0 Å². The third-order valence-electron chi connectivity index (χ3n) is 4.19. The summed E-state index contributed by atoms with van der Waals surface area (Å²) < 4.78 is 0. The number of carbonyl (C=O) groups is 2. The number of quaternary nitrogens is 1. The Bertz CT molecular complexity index is 840. The van der Waals surface area contributed by atoms with Gasteiger partial charge in [0.25, 0.3) is 11.8 Å². The first kappa shape index (κ1) is 21.2. The van der Waals surface area contributed by atoms with Gasteiger partial charge in [-0.2, -0.15) is 0 Å². The number of likely N-dealkylation sites (N-methyl/N-ethyl adjacent to an activating group) is 1. The van der Waals surface area contributed by atoms with E-state index < -0.39 is 0 Å². The van der Waals surface area contributed by atoms with E-state index in [0.29, 0.717) is 28.0 Å². The molecule has 2 aromatic carbocycles. The molecule has 27 heavy (non-hydrogen) atoms. The van der Waals surface area contributed by atoms with Crippen molar-refractivity contribution in [2.75, 3.05) is 30.3 Å². The Morgan fingerprint density at radius 1 is 0.926 bits per heavy atom. The van der Waals surface area contributed by atoms with Crippen LogP contribution in [-0.2, 0) is 9.59 Å². The van der Waals surface area contributed by atoms with E-state index in [9.17, 15) is 9.59 Å². The van der Waals surface area contributed by atoms with Crippen molar-refractivity contribution in [3.63, 3.8) is 0 Å². The van der Waals surface area contributed by atoms with Crippen molar-refractivity contribution >= 4 is 46.4 Å². The van der Waals surface area contributed by atoms with Crippen LogP contribution in [0.3, 0.4) is 0 Å². The fourth-order valence-electron chi connectivity index (χ4n) is 2.61. The highest BCUT2D eigenvalue weighted by Crippen LogP contribution is 2.22. The molecule has 5 nitrogen and oxygen atoms in total. The van der Waals surface area contributed by atoms with Crippen LogP contribution in [0.15, 0.2) is 36.4 Å².